The van der Waals surface area contributed by atoms with Crippen molar-refractivity contribution in [1.82, 2.24) is 0 Å². The van der Waals surface area contributed by atoms with E-state index in [9.17, 15) is 0 Å². The Morgan fingerprint density at radius 1 is 0.270 bits per heavy atom. The Hall–Kier alpha value is 7.45. The van der Waals surface area contributed by atoms with Crippen LogP contribution in [0.3, 0.4) is 0 Å². The summed E-state index contributed by atoms with van der Waals surface area (Å²) in [6, 6.07) is 0. The first-order valence-corrected chi connectivity index (χ1v) is 11.0. The van der Waals surface area contributed by atoms with E-state index < -0.39 is 39.1 Å². The summed E-state index contributed by atoms with van der Waals surface area (Å²) in [5, 5.41) is 0. The molecule has 0 aliphatic heterocycles. The molecule has 0 amide bonds. The third-order valence-corrected chi connectivity index (χ3v) is 0. The molecule has 0 unspecified atom stereocenters. The Bertz CT molecular complexity index is 423. The van der Waals surface area contributed by atoms with Crippen LogP contribution in [0, 0.1) is 0 Å². The minimum absolute atomic E-state index is 0. The van der Waals surface area contributed by atoms with Crippen LogP contribution < -0.4 is 73.4 Å². The Kier molecular flexibility index (Phi) is 168. The van der Waals surface area contributed by atoms with Gasteiger partial charge in [-0.2, -0.15) is 39.1 Å². The third kappa shape index (κ3) is 1350. The molecule has 0 aromatic carbocycles. The third-order valence-electron chi connectivity index (χ3n) is 0. The molecule has 0 N–H and O–H groups in total. The van der Waals surface area contributed by atoms with Gasteiger partial charge in [0.1, 0.15) is 0 Å². The molecule has 0 aliphatic carbocycles. The fourth-order valence-corrected chi connectivity index (χ4v) is 0. The molecule has 0 spiro atoms. The van der Waals surface area contributed by atoms with Crippen molar-refractivity contribution in [2.75, 3.05) is 0 Å². The van der Waals surface area contributed by atoms with Gasteiger partial charge in [-0.25, -0.2) is 0 Å². The van der Waals surface area contributed by atoms with Gasteiger partial charge in [0.25, 0.3) is 0 Å². The molecule has 37 heteroatoms. The molecular weight excluding hydrogens is 1120 g/mol. The maximum atomic E-state index is 8.55. The Balaban J connectivity index is -0.00000000833. The zero-order valence-corrected chi connectivity index (χ0v) is 34.6. The van der Waals surface area contributed by atoms with Crippen LogP contribution in [0.1, 0.15) is 0 Å². The molecular formula is Co3Ni3O20P5Ti3V3-15. The molecule has 0 bridgehead atoms. The summed E-state index contributed by atoms with van der Waals surface area (Å²) in [6.07, 6.45) is 0. The van der Waals surface area contributed by atoms with Crippen molar-refractivity contribution >= 4 is 39.1 Å². The van der Waals surface area contributed by atoms with Gasteiger partial charge in [0.05, 0.1) is 0 Å². The van der Waals surface area contributed by atoms with Gasteiger partial charge in [-0.1, -0.05) is 0 Å². The summed E-state index contributed by atoms with van der Waals surface area (Å²) in [6.45, 7) is 0. The van der Waals surface area contributed by atoms with Crippen molar-refractivity contribution in [3.63, 3.8) is 0 Å². The molecule has 37 heavy (non-hydrogen) atoms. The molecule has 6 radical (unpaired) electrons. The van der Waals surface area contributed by atoms with Crippen LogP contribution in [0.2, 0.25) is 0 Å². The van der Waals surface area contributed by atoms with E-state index in [0.29, 0.717) is 0 Å². The topological polar surface area (TPSA) is 431 Å². The van der Waals surface area contributed by atoms with E-state index >= 15 is 0 Å². The van der Waals surface area contributed by atoms with E-state index in [1.807, 2.05) is 0 Å². The fourth-order valence-electron chi connectivity index (χ4n) is 0. The van der Waals surface area contributed by atoms with Crippen molar-refractivity contribution in [2.24, 2.45) is 0 Å². The van der Waals surface area contributed by atoms with E-state index in [0.717, 1.165) is 0 Å². The van der Waals surface area contributed by atoms with Crippen molar-refractivity contribution in [3.05, 3.63) is 0 Å². The number of rotatable bonds is 0. The average Bonchev–Trinajstić information content (AvgIpc) is 1.79. The molecule has 0 atom stereocenters. The van der Waals surface area contributed by atoms with Crippen LogP contribution >= 0.6 is 39.1 Å². The van der Waals surface area contributed by atoms with Crippen molar-refractivity contribution in [2.45, 2.75) is 0 Å². The Labute approximate surface area is 350 Å². The van der Waals surface area contributed by atoms with E-state index in [2.05, 4.69) is 0 Å². The normalized spacial score (nSPS) is 7.97. The zero-order chi connectivity index (χ0) is 22.5. The second-order valence-electron chi connectivity index (χ2n) is 2.24. The van der Waals surface area contributed by atoms with Gasteiger partial charge < -0.3 is 96.2 Å². The van der Waals surface area contributed by atoms with E-state index in [1.54, 1.807) is 0 Å². The summed E-state index contributed by atoms with van der Waals surface area (Å²) < 4.78 is 42.7. The van der Waals surface area contributed by atoms with Crippen LogP contribution in [0.25, 0.3) is 0 Å². The SMILES string of the molecule is O=P([O-])([O-])[O-].O=P([O-])([O-])[O-].O=P([O-])([O-])[O-].O=P([O-])([O-])[O-].O=P([O-])([O-])[O-].[Co].[Co].[Co].[Ni].[Ni].[Ni].[Ti].[Ti].[Ti].[V].[V].[V]. The van der Waals surface area contributed by atoms with Crippen molar-refractivity contribution < 1.29 is 317 Å². The summed E-state index contributed by atoms with van der Waals surface area (Å²) in [5.41, 5.74) is 0. The minimum atomic E-state index is -5.39. The van der Waals surface area contributed by atoms with Gasteiger partial charge in [-0.05, 0) is 0 Å². The van der Waals surface area contributed by atoms with Crippen LogP contribution in [0.4, 0.5) is 0 Å². The molecule has 0 rings (SSSR count). The van der Waals surface area contributed by atoms with Crippen LogP contribution in [0.5, 0.6) is 0 Å². The maximum Gasteiger partial charge on any atom is 0 e. The summed E-state index contributed by atoms with van der Waals surface area (Å²) in [7, 11) is -26.9. The fraction of sp³-hybridized carbons (Fsp3) is 0. The maximum absolute atomic E-state index is 8.55. The summed E-state index contributed by atoms with van der Waals surface area (Å²) >= 11 is 0. The summed E-state index contributed by atoms with van der Waals surface area (Å²) in [4.78, 5) is 128. The number of phosphoric acid groups is 5. The van der Waals surface area contributed by atoms with Crippen LogP contribution in [-0.4, -0.2) is 0 Å². The molecule has 244 valence electrons. The van der Waals surface area contributed by atoms with Crippen molar-refractivity contribution in [3.8, 4) is 0 Å². The predicted molar refractivity (Wildman–Crippen MR) is 38.0 cm³/mol. The largest absolute Gasteiger partial charge is 0.822 e. The van der Waals surface area contributed by atoms with Crippen LogP contribution in [-0.2, 0) is 243 Å². The molecule has 0 heterocycles. The van der Waals surface area contributed by atoms with Gasteiger partial charge in [-0.3, -0.25) is 0 Å². The van der Waals surface area contributed by atoms with Gasteiger partial charge in [0, 0.05) is 221 Å². The molecule has 0 saturated heterocycles. The van der Waals surface area contributed by atoms with Crippen molar-refractivity contribution in [1.29, 1.82) is 0 Å². The number of hydrogen-bond donors (Lipinski definition) is 0. The summed E-state index contributed by atoms with van der Waals surface area (Å²) in [5.74, 6) is 0. The van der Waals surface area contributed by atoms with E-state index in [-0.39, 0.29) is 221 Å². The zero-order valence-electron chi connectivity index (χ0n) is 15.2. The first-order chi connectivity index (χ1) is 10.0. The number of hydrogen-bond acceptors (Lipinski definition) is 20. The molecule has 0 aliphatic rings. The molecule has 0 aromatic rings. The van der Waals surface area contributed by atoms with Crippen LogP contribution in [0.15, 0.2) is 0 Å². The molecule has 0 saturated carbocycles. The second-order valence-corrected chi connectivity index (χ2v) is 6.71. The first kappa shape index (κ1) is 111. The Morgan fingerprint density at radius 3 is 0.270 bits per heavy atom. The molecule has 0 fully saturated rings. The standard InChI is InChI=1S/3Co.3Ni.5H3O4P.3Ti.3V/c;;;;;;5*1-5(2,3)4;;;;;;/h;;;;;;5*(H3,1,2,3,4);;;;;;/p-15. The van der Waals surface area contributed by atoms with E-state index in [1.165, 1.54) is 0 Å². The quantitative estimate of drug-likeness (QED) is 0.161. The smallest absolute Gasteiger partial charge is 0 e. The van der Waals surface area contributed by atoms with Gasteiger partial charge >= 0.3 is 0 Å². The molecule has 0 aromatic heterocycles. The monoisotopic (exact) mass is 1120 g/mol. The minimum Gasteiger partial charge on any atom is -0.822 e. The van der Waals surface area contributed by atoms with Gasteiger partial charge in [0.15, 0.2) is 0 Å². The molecule has 20 nitrogen and oxygen atoms in total. The van der Waals surface area contributed by atoms with E-state index in [4.69, 9.17) is 96.2 Å². The van der Waals surface area contributed by atoms with Gasteiger partial charge in [-0.15, -0.1) is 0 Å². The van der Waals surface area contributed by atoms with Gasteiger partial charge in [0.2, 0.25) is 0 Å². The average molecular weight is 1120 g/mol. The Morgan fingerprint density at radius 2 is 0.270 bits per heavy atom. The second kappa shape index (κ2) is 55.8. The predicted octanol–water partition coefficient (Wildman–Crippen LogP) is -14.2. The first-order valence-electron chi connectivity index (χ1n) is 3.65.